The van der Waals surface area contributed by atoms with E-state index < -0.39 is 0 Å². The molecule has 0 aliphatic rings. The zero-order valence-corrected chi connectivity index (χ0v) is 16.9. The largest absolute Gasteiger partial charge is 0.218 e. The van der Waals surface area contributed by atoms with Crippen LogP contribution in [-0.2, 0) is 0 Å². The van der Waals surface area contributed by atoms with Crippen LogP contribution in [0.1, 0.15) is 78.6 Å². The lowest BCUT2D eigenvalue weighted by Crippen LogP contribution is -2.00. The average Bonchev–Trinajstić information content (AvgIpc) is 2.63. The fourth-order valence-corrected chi connectivity index (χ4v) is 2.26. The van der Waals surface area contributed by atoms with Crippen molar-refractivity contribution < 1.29 is 0 Å². The van der Waals surface area contributed by atoms with Crippen molar-refractivity contribution in [2.75, 3.05) is 0 Å². The summed E-state index contributed by atoms with van der Waals surface area (Å²) in [6.45, 7) is 7.05. The molecule has 0 nitrogen and oxygen atoms in total. The Balaban J connectivity index is 4.52. The van der Waals surface area contributed by atoms with E-state index in [1.807, 2.05) is 0 Å². The Morgan fingerprint density at radius 2 is 0.800 bits per heavy atom. The van der Waals surface area contributed by atoms with Crippen LogP contribution in [0.15, 0.2) is 72.6 Å². The lowest BCUT2D eigenvalue weighted by atomic mass is 9.49. The second-order valence-corrected chi connectivity index (χ2v) is 6.44. The normalized spacial score (nSPS) is 13.1. The first-order chi connectivity index (χ1) is 12.3. The van der Waals surface area contributed by atoms with Crippen LogP contribution >= 0.6 is 0 Å². The standard InChI is InChI=1S/C24H39B/c1-4-7-10-13-16-19-22-25(23-20-17-14-11-8-5-2)24-21-18-15-12-9-6-3/h13-24H,4-12H2,1-3H3. The topological polar surface area (TPSA) is 0 Å². The smallest absolute Gasteiger partial charge is 0.106 e. The van der Waals surface area contributed by atoms with Crippen molar-refractivity contribution in [2.45, 2.75) is 78.6 Å². The summed E-state index contributed by atoms with van der Waals surface area (Å²) in [6.07, 6.45) is 31.0. The third-order valence-corrected chi connectivity index (χ3v) is 3.91. The molecule has 0 rings (SSSR count). The maximum absolute atomic E-state index is 2.26. The van der Waals surface area contributed by atoms with Crippen LogP contribution in [0.5, 0.6) is 0 Å². The Morgan fingerprint density at radius 3 is 1.08 bits per heavy atom. The summed E-state index contributed by atoms with van der Waals surface area (Å²) in [6, 6.07) is 0. The van der Waals surface area contributed by atoms with Gasteiger partial charge in [-0.2, -0.15) is 0 Å². The van der Waals surface area contributed by atoms with E-state index in [1.165, 1.54) is 57.8 Å². The van der Waals surface area contributed by atoms with Gasteiger partial charge in [0.1, 0.15) is 0 Å². The summed E-state index contributed by atoms with van der Waals surface area (Å²) in [7, 11) is 0. The van der Waals surface area contributed by atoms with E-state index in [4.69, 9.17) is 0 Å². The molecule has 0 atom stereocenters. The van der Waals surface area contributed by atoms with Gasteiger partial charge in [0.2, 0.25) is 6.71 Å². The van der Waals surface area contributed by atoms with Crippen LogP contribution in [0.3, 0.4) is 0 Å². The third-order valence-electron chi connectivity index (χ3n) is 3.91. The first-order valence-electron chi connectivity index (χ1n) is 10.3. The minimum Gasteiger partial charge on any atom is -0.106 e. The number of unbranched alkanes of at least 4 members (excludes halogenated alkanes) is 6. The highest BCUT2D eigenvalue weighted by molar-refractivity contribution is 6.74. The van der Waals surface area contributed by atoms with E-state index in [9.17, 15) is 0 Å². The van der Waals surface area contributed by atoms with Crippen molar-refractivity contribution in [1.29, 1.82) is 0 Å². The second kappa shape index (κ2) is 20.5. The number of rotatable bonds is 15. The summed E-state index contributed by atoms with van der Waals surface area (Å²) in [5.41, 5.74) is 0. The molecule has 0 bridgehead atoms. The Morgan fingerprint density at radius 1 is 0.480 bits per heavy atom. The molecule has 0 radical (unpaired) electrons. The number of allylic oxidation sites excluding steroid dienone is 9. The number of hydrogen-bond donors (Lipinski definition) is 0. The van der Waals surface area contributed by atoms with Gasteiger partial charge in [0.05, 0.1) is 0 Å². The highest BCUT2D eigenvalue weighted by Gasteiger charge is 1.97. The summed E-state index contributed by atoms with van der Waals surface area (Å²) in [5.74, 6) is 6.78. The molecule has 0 saturated heterocycles. The molecule has 0 fully saturated rings. The molecule has 0 aromatic carbocycles. The van der Waals surface area contributed by atoms with Gasteiger partial charge in [-0.25, -0.2) is 0 Å². The average molecular weight is 338 g/mol. The maximum atomic E-state index is 2.26. The second-order valence-electron chi connectivity index (χ2n) is 6.44. The Bertz CT molecular complexity index is 368. The molecule has 0 N–H and O–H groups in total. The van der Waals surface area contributed by atoms with E-state index in [2.05, 4.69) is 93.4 Å². The first-order valence-corrected chi connectivity index (χ1v) is 10.3. The van der Waals surface area contributed by atoms with Crippen LogP contribution in [0, 0.1) is 0 Å². The highest BCUT2D eigenvalue weighted by atomic mass is 13.8. The van der Waals surface area contributed by atoms with Gasteiger partial charge < -0.3 is 0 Å². The quantitative estimate of drug-likeness (QED) is 0.161. The van der Waals surface area contributed by atoms with Crippen molar-refractivity contribution >= 4 is 6.71 Å². The zero-order valence-electron chi connectivity index (χ0n) is 16.9. The van der Waals surface area contributed by atoms with Gasteiger partial charge in [0.15, 0.2) is 0 Å². The Labute approximate surface area is 158 Å². The van der Waals surface area contributed by atoms with Gasteiger partial charge in [0, 0.05) is 0 Å². The van der Waals surface area contributed by atoms with Crippen LogP contribution in [-0.4, -0.2) is 6.71 Å². The summed E-state index contributed by atoms with van der Waals surface area (Å²) >= 11 is 0. The third kappa shape index (κ3) is 18.7. The predicted molar refractivity (Wildman–Crippen MR) is 119 cm³/mol. The molecule has 0 saturated carbocycles. The van der Waals surface area contributed by atoms with E-state index in [0.717, 1.165) is 0 Å². The molecule has 0 heterocycles. The summed E-state index contributed by atoms with van der Waals surface area (Å²) in [4.78, 5) is 0. The molecule has 25 heavy (non-hydrogen) atoms. The summed E-state index contributed by atoms with van der Waals surface area (Å²) in [5, 5.41) is 0. The predicted octanol–water partition coefficient (Wildman–Crippen LogP) is 8.01. The van der Waals surface area contributed by atoms with Crippen molar-refractivity contribution in [3.8, 4) is 0 Å². The minimum atomic E-state index is 0.350. The molecule has 138 valence electrons. The van der Waals surface area contributed by atoms with E-state index >= 15 is 0 Å². The highest BCUT2D eigenvalue weighted by Crippen LogP contribution is 2.00. The molecule has 0 aromatic heterocycles. The van der Waals surface area contributed by atoms with Crippen LogP contribution < -0.4 is 0 Å². The van der Waals surface area contributed by atoms with Crippen molar-refractivity contribution in [3.63, 3.8) is 0 Å². The Hall–Kier alpha value is -1.50. The van der Waals surface area contributed by atoms with Gasteiger partial charge in [-0.05, 0) is 19.3 Å². The minimum absolute atomic E-state index is 0.350. The molecule has 1 heteroatoms. The van der Waals surface area contributed by atoms with Crippen LogP contribution in [0.2, 0.25) is 0 Å². The van der Waals surface area contributed by atoms with Crippen LogP contribution in [0.4, 0.5) is 0 Å². The molecule has 0 spiro atoms. The molecular weight excluding hydrogens is 299 g/mol. The monoisotopic (exact) mass is 338 g/mol. The summed E-state index contributed by atoms with van der Waals surface area (Å²) < 4.78 is 0. The first kappa shape index (κ1) is 23.5. The van der Waals surface area contributed by atoms with Gasteiger partial charge in [-0.15, -0.1) is 17.9 Å². The lowest BCUT2D eigenvalue weighted by molar-refractivity contribution is 0.815. The fourth-order valence-electron chi connectivity index (χ4n) is 2.26. The van der Waals surface area contributed by atoms with E-state index in [0.29, 0.717) is 6.71 Å². The fraction of sp³-hybridized carbons (Fsp3) is 0.500. The van der Waals surface area contributed by atoms with Gasteiger partial charge in [0.25, 0.3) is 0 Å². The van der Waals surface area contributed by atoms with Crippen molar-refractivity contribution in [1.82, 2.24) is 0 Å². The number of hydrogen-bond acceptors (Lipinski definition) is 0. The molecular formula is C24H39B. The van der Waals surface area contributed by atoms with Crippen molar-refractivity contribution in [3.05, 3.63) is 72.6 Å². The van der Waals surface area contributed by atoms with Crippen LogP contribution in [0.25, 0.3) is 0 Å². The molecule has 0 aliphatic heterocycles. The molecule has 0 amide bonds. The molecule has 0 unspecified atom stereocenters. The van der Waals surface area contributed by atoms with E-state index in [-0.39, 0.29) is 0 Å². The van der Waals surface area contributed by atoms with Gasteiger partial charge >= 0.3 is 0 Å². The SMILES string of the molecule is CCCCC=CC=CB(C=CC=CCCCC)C=CC=CCCCC. The molecule has 0 aromatic rings. The molecule has 0 aliphatic carbocycles. The Kier molecular flexibility index (Phi) is 19.3. The van der Waals surface area contributed by atoms with E-state index in [1.54, 1.807) is 0 Å². The maximum Gasteiger partial charge on any atom is 0.218 e. The lowest BCUT2D eigenvalue weighted by Gasteiger charge is -1.94. The zero-order chi connectivity index (χ0) is 18.4. The van der Waals surface area contributed by atoms with Gasteiger partial charge in [-0.1, -0.05) is 114 Å². The van der Waals surface area contributed by atoms with Crippen molar-refractivity contribution in [2.24, 2.45) is 0 Å². The van der Waals surface area contributed by atoms with Gasteiger partial charge in [-0.3, -0.25) is 0 Å².